The number of aromatic nitrogens is 1. The maximum Gasteiger partial charge on any atom is 0.332 e. The van der Waals surface area contributed by atoms with E-state index >= 15 is 0 Å². The highest BCUT2D eigenvalue weighted by atomic mass is 16.5. The predicted octanol–water partition coefficient (Wildman–Crippen LogP) is 5.31. The minimum atomic E-state index is -1.13. The van der Waals surface area contributed by atoms with Gasteiger partial charge in [0.15, 0.2) is 5.54 Å². The molecule has 1 N–H and O–H groups in total. The van der Waals surface area contributed by atoms with Gasteiger partial charge in [0.1, 0.15) is 5.75 Å². The van der Waals surface area contributed by atoms with Crippen molar-refractivity contribution in [3.63, 3.8) is 0 Å². The summed E-state index contributed by atoms with van der Waals surface area (Å²) >= 11 is 0. The van der Waals surface area contributed by atoms with Gasteiger partial charge in [-0.15, -0.1) is 0 Å². The number of hydrogen-bond donors (Lipinski definition) is 1. The van der Waals surface area contributed by atoms with E-state index in [0.29, 0.717) is 12.2 Å². The van der Waals surface area contributed by atoms with Crippen molar-refractivity contribution in [2.45, 2.75) is 25.3 Å². The van der Waals surface area contributed by atoms with Crippen molar-refractivity contribution in [2.24, 2.45) is 0 Å². The molecule has 2 aliphatic rings. The second-order valence-corrected chi connectivity index (χ2v) is 9.20. The number of anilines is 1. The normalized spacial score (nSPS) is 21.7. The third-order valence-corrected chi connectivity index (χ3v) is 7.33. The van der Waals surface area contributed by atoms with Gasteiger partial charge >= 0.3 is 6.03 Å². The van der Waals surface area contributed by atoms with E-state index in [2.05, 4.69) is 11.1 Å². The number of para-hydroxylation sites is 2. The summed E-state index contributed by atoms with van der Waals surface area (Å²) in [5.74, 6) is 0.374. The summed E-state index contributed by atoms with van der Waals surface area (Å²) in [6, 6.07) is 23.2. The third-order valence-electron chi connectivity index (χ3n) is 7.33. The van der Waals surface area contributed by atoms with Gasteiger partial charge in [0, 0.05) is 28.9 Å². The number of carbonyl (C=O) groups is 2. The molecular formula is C28H25N3O3. The van der Waals surface area contributed by atoms with Crippen molar-refractivity contribution in [1.82, 2.24) is 9.88 Å². The lowest BCUT2D eigenvalue weighted by molar-refractivity contribution is -0.125. The van der Waals surface area contributed by atoms with Crippen LogP contribution in [0.5, 0.6) is 5.75 Å². The standard InChI is InChI=1S/C28H25N3O3/c1-17-12-14-18(15-13-17)31-26(32)28(2)25-24(20-9-4-6-10-22(20)29-25)21(16-30(28)27(31)33)19-8-5-7-11-23(19)34-3/h4-15,21,29H,16H2,1-3H3/t21?,28-/m0/s1. The fourth-order valence-corrected chi connectivity index (χ4v) is 5.55. The topological polar surface area (TPSA) is 65.6 Å². The molecular weight excluding hydrogens is 426 g/mol. The minimum Gasteiger partial charge on any atom is -0.496 e. The molecule has 1 fully saturated rings. The predicted molar refractivity (Wildman–Crippen MR) is 131 cm³/mol. The highest BCUT2D eigenvalue weighted by Gasteiger charge is 2.60. The number of amides is 3. The Morgan fingerprint density at radius 2 is 1.68 bits per heavy atom. The van der Waals surface area contributed by atoms with Gasteiger partial charge in [-0.3, -0.25) is 4.79 Å². The molecule has 1 unspecified atom stereocenters. The Kier molecular flexibility index (Phi) is 4.36. The Balaban J connectivity index is 1.60. The molecule has 4 aromatic rings. The largest absolute Gasteiger partial charge is 0.496 e. The first kappa shape index (κ1) is 20.5. The van der Waals surface area contributed by atoms with Gasteiger partial charge in [0.25, 0.3) is 5.91 Å². The lowest BCUT2D eigenvalue weighted by atomic mass is 9.78. The lowest BCUT2D eigenvalue weighted by Gasteiger charge is -2.40. The molecule has 2 atom stereocenters. The van der Waals surface area contributed by atoms with E-state index in [1.54, 1.807) is 12.0 Å². The first-order chi connectivity index (χ1) is 16.4. The monoisotopic (exact) mass is 451 g/mol. The van der Waals surface area contributed by atoms with Crippen LogP contribution in [0.4, 0.5) is 10.5 Å². The Labute approximate surface area is 197 Å². The van der Waals surface area contributed by atoms with Crippen LogP contribution in [0, 0.1) is 6.92 Å². The van der Waals surface area contributed by atoms with E-state index in [4.69, 9.17) is 4.74 Å². The molecule has 0 saturated carbocycles. The molecule has 34 heavy (non-hydrogen) atoms. The van der Waals surface area contributed by atoms with Gasteiger partial charge < -0.3 is 14.6 Å². The van der Waals surface area contributed by atoms with Gasteiger partial charge in [0.2, 0.25) is 0 Å². The van der Waals surface area contributed by atoms with Gasteiger partial charge in [-0.2, -0.15) is 0 Å². The van der Waals surface area contributed by atoms with Crippen LogP contribution in [-0.4, -0.2) is 35.5 Å². The van der Waals surface area contributed by atoms with Crippen molar-refractivity contribution >= 4 is 28.5 Å². The number of hydrogen-bond acceptors (Lipinski definition) is 3. The fourth-order valence-electron chi connectivity index (χ4n) is 5.55. The number of methoxy groups -OCH3 is 1. The zero-order chi connectivity index (χ0) is 23.6. The zero-order valence-corrected chi connectivity index (χ0v) is 19.3. The molecule has 0 bridgehead atoms. The smallest absolute Gasteiger partial charge is 0.332 e. The number of urea groups is 1. The van der Waals surface area contributed by atoms with Gasteiger partial charge in [-0.1, -0.05) is 54.1 Å². The molecule has 2 aliphatic heterocycles. The summed E-state index contributed by atoms with van der Waals surface area (Å²) in [4.78, 5) is 34.3. The van der Waals surface area contributed by atoms with Crippen LogP contribution in [0.15, 0.2) is 72.8 Å². The van der Waals surface area contributed by atoms with Crippen molar-refractivity contribution in [3.8, 4) is 5.75 Å². The lowest BCUT2D eigenvalue weighted by Crippen LogP contribution is -2.50. The molecule has 3 aromatic carbocycles. The van der Waals surface area contributed by atoms with Crippen molar-refractivity contribution in [3.05, 3.63) is 95.2 Å². The summed E-state index contributed by atoms with van der Waals surface area (Å²) in [7, 11) is 1.66. The molecule has 0 radical (unpaired) electrons. The number of nitrogens with zero attached hydrogens (tertiary/aromatic N) is 2. The number of rotatable bonds is 3. The highest BCUT2D eigenvalue weighted by molar-refractivity contribution is 6.23. The Morgan fingerprint density at radius 1 is 0.971 bits per heavy atom. The van der Waals surface area contributed by atoms with Gasteiger partial charge in [0.05, 0.1) is 18.5 Å². The van der Waals surface area contributed by atoms with Gasteiger partial charge in [-0.05, 0) is 43.7 Å². The van der Waals surface area contributed by atoms with Crippen molar-refractivity contribution < 1.29 is 14.3 Å². The number of ether oxygens (including phenoxy) is 1. The summed E-state index contributed by atoms with van der Waals surface area (Å²) < 4.78 is 5.70. The number of nitrogens with one attached hydrogen (secondary N) is 1. The van der Waals surface area contributed by atoms with Crippen LogP contribution >= 0.6 is 0 Å². The average molecular weight is 452 g/mol. The Bertz CT molecular complexity index is 1460. The molecule has 1 aromatic heterocycles. The summed E-state index contributed by atoms with van der Waals surface area (Å²) in [6.45, 7) is 4.21. The average Bonchev–Trinajstić information content (AvgIpc) is 3.34. The summed E-state index contributed by atoms with van der Waals surface area (Å²) in [5, 5.41) is 1.06. The number of imide groups is 1. The zero-order valence-electron chi connectivity index (χ0n) is 19.3. The number of benzene rings is 3. The van der Waals surface area contributed by atoms with Crippen LogP contribution < -0.4 is 9.64 Å². The molecule has 6 nitrogen and oxygen atoms in total. The summed E-state index contributed by atoms with van der Waals surface area (Å²) in [6.07, 6.45) is 0. The second kappa shape index (κ2) is 7.22. The highest BCUT2D eigenvalue weighted by Crippen LogP contribution is 2.51. The van der Waals surface area contributed by atoms with E-state index in [0.717, 1.165) is 39.0 Å². The van der Waals surface area contributed by atoms with Crippen LogP contribution in [0.3, 0.4) is 0 Å². The molecule has 6 rings (SSSR count). The van der Waals surface area contributed by atoms with E-state index in [1.165, 1.54) is 4.90 Å². The van der Waals surface area contributed by atoms with E-state index < -0.39 is 5.54 Å². The number of carbonyl (C=O) groups excluding carboxylic acids is 2. The minimum absolute atomic E-state index is 0.148. The Morgan fingerprint density at radius 3 is 2.44 bits per heavy atom. The SMILES string of the molecule is COc1ccccc1C1CN2C(=O)N(c3ccc(C)cc3)C(=O)[C@]2(C)c2[nH]c3ccccc3c21. The van der Waals surface area contributed by atoms with E-state index in [1.807, 2.05) is 80.6 Å². The maximum atomic E-state index is 14.0. The third kappa shape index (κ3) is 2.62. The maximum absolute atomic E-state index is 14.0. The molecule has 3 amide bonds. The first-order valence-electron chi connectivity index (χ1n) is 11.4. The molecule has 0 spiro atoms. The van der Waals surface area contributed by atoms with E-state index in [-0.39, 0.29) is 17.9 Å². The quantitative estimate of drug-likeness (QED) is 0.429. The molecule has 6 heteroatoms. The number of aromatic amines is 1. The van der Waals surface area contributed by atoms with Crippen LogP contribution in [0.25, 0.3) is 10.9 Å². The molecule has 170 valence electrons. The van der Waals surface area contributed by atoms with Crippen LogP contribution in [-0.2, 0) is 10.3 Å². The Hall–Kier alpha value is -4.06. The number of H-pyrrole nitrogens is 1. The molecule has 1 saturated heterocycles. The van der Waals surface area contributed by atoms with Crippen molar-refractivity contribution in [2.75, 3.05) is 18.6 Å². The number of aryl methyl sites for hydroxylation is 1. The molecule has 0 aliphatic carbocycles. The molecule has 3 heterocycles. The first-order valence-corrected chi connectivity index (χ1v) is 11.4. The summed E-state index contributed by atoms with van der Waals surface area (Å²) in [5.41, 5.74) is 4.28. The fraction of sp³-hybridized carbons (Fsp3) is 0.214. The second-order valence-electron chi connectivity index (χ2n) is 9.20. The van der Waals surface area contributed by atoms with Crippen molar-refractivity contribution in [1.29, 1.82) is 0 Å². The van der Waals surface area contributed by atoms with Crippen LogP contribution in [0.2, 0.25) is 0 Å². The number of fused-ring (bicyclic) bond motifs is 5. The van der Waals surface area contributed by atoms with Gasteiger partial charge in [-0.25, -0.2) is 9.69 Å². The van der Waals surface area contributed by atoms with E-state index in [9.17, 15) is 9.59 Å². The van der Waals surface area contributed by atoms with Crippen LogP contribution in [0.1, 0.15) is 35.2 Å².